The molecule has 0 aromatic carbocycles. The minimum atomic E-state index is 0.646. The van der Waals surface area contributed by atoms with E-state index in [1.54, 1.807) is 23.1 Å². The standard InChI is InChI=1S/C17H32N4O2S2/c1-3-5-10-22-12-13-23-11-8-20-16(18-4-2)19-7-6-14-24-17-21-9-15-25-17/h9,15H,3-8,10-14H2,1-2H3,(H2,18,19,20). The maximum atomic E-state index is 5.55. The van der Waals surface area contributed by atoms with Crippen LogP contribution in [0.25, 0.3) is 0 Å². The first-order valence-corrected chi connectivity index (χ1v) is 10.9. The molecule has 0 bridgehead atoms. The van der Waals surface area contributed by atoms with Crippen LogP contribution in [-0.2, 0) is 9.47 Å². The molecule has 0 spiro atoms. The van der Waals surface area contributed by atoms with Crippen molar-refractivity contribution in [2.45, 2.75) is 37.4 Å². The summed E-state index contributed by atoms with van der Waals surface area (Å²) in [7, 11) is 0. The molecule has 1 aromatic rings. The molecule has 25 heavy (non-hydrogen) atoms. The number of thioether (sulfide) groups is 1. The second-order valence-electron chi connectivity index (χ2n) is 5.27. The van der Waals surface area contributed by atoms with Crippen molar-refractivity contribution in [3.63, 3.8) is 0 Å². The summed E-state index contributed by atoms with van der Waals surface area (Å²) in [5.41, 5.74) is 0. The van der Waals surface area contributed by atoms with Crippen LogP contribution in [0.15, 0.2) is 20.9 Å². The predicted molar refractivity (Wildman–Crippen MR) is 108 cm³/mol. The van der Waals surface area contributed by atoms with Gasteiger partial charge in [-0.05, 0) is 19.8 Å². The van der Waals surface area contributed by atoms with Crippen molar-refractivity contribution in [1.82, 2.24) is 15.6 Å². The van der Waals surface area contributed by atoms with Gasteiger partial charge in [-0.2, -0.15) is 0 Å². The van der Waals surface area contributed by atoms with Crippen molar-refractivity contribution in [2.24, 2.45) is 4.99 Å². The number of aromatic nitrogens is 1. The highest BCUT2D eigenvalue weighted by Crippen LogP contribution is 2.20. The number of guanidine groups is 1. The first-order valence-electron chi connectivity index (χ1n) is 9.06. The molecule has 0 atom stereocenters. The third-order valence-corrected chi connectivity index (χ3v) is 5.16. The van der Waals surface area contributed by atoms with Gasteiger partial charge in [0.05, 0.1) is 19.8 Å². The molecular formula is C17H32N4O2S2. The van der Waals surface area contributed by atoms with Crippen LogP contribution in [0.5, 0.6) is 0 Å². The lowest BCUT2D eigenvalue weighted by molar-refractivity contribution is 0.0487. The van der Waals surface area contributed by atoms with Gasteiger partial charge in [0.15, 0.2) is 5.96 Å². The molecule has 0 aliphatic rings. The van der Waals surface area contributed by atoms with Gasteiger partial charge in [-0.3, -0.25) is 4.99 Å². The summed E-state index contributed by atoms with van der Waals surface area (Å²) in [6.45, 7) is 9.43. The first kappa shape index (κ1) is 22.2. The Labute approximate surface area is 160 Å². The lowest BCUT2D eigenvalue weighted by Gasteiger charge is -2.11. The Hall–Kier alpha value is -0.830. The summed E-state index contributed by atoms with van der Waals surface area (Å²) < 4.78 is 12.1. The number of nitrogens with zero attached hydrogens (tertiary/aromatic N) is 2. The third kappa shape index (κ3) is 13.1. The van der Waals surface area contributed by atoms with Crippen molar-refractivity contribution >= 4 is 29.1 Å². The van der Waals surface area contributed by atoms with Crippen LogP contribution in [0.2, 0.25) is 0 Å². The Kier molecular flexibility index (Phi) is 14.8. The van der Waals surface area contributed by atoms with E-state index in [0.29, 0.717) is 19.8 Å². The Bertz CT molecular complexity index is 430. The van der Waals surface area contributed by atoms with Crippen molar-refractivity contribution < 1.29 is 9.47 Å². The maximum Gasteiger partial charge on any atom is 0.191 e. The van der Waals surface area contributed by atoms with Crippen LogP contribution in [-0.4, -0.2) is 62.8 Å². The molecule has 8 heteroatoms. The highest BCUT2D eigenvalue weighted by molar-refractivity contribution is 8.00. The molecular weight excluding hydrogens is 356 g/mol. The second-order valence-corrected chi connectivity index (χ2v) is 7.50. The molecule has 144 valence electrons. The van der Waals surface area contributed by atoms with E-state index in [1.807, 2.05) is 11.6 Å². The monoisotopic (exact) mass is 388 g/mol. The number of nitrogens with one attached hydrogen (secondary N) is 2. The topological polar surface area (TPSA) is 67.8 Å². The second kappa shape index (κ2) is 16.6. The van der Waals surface area contributed by atoms with Gasteiger partial charge in [-0.25, -0.2) is 4.98 Å². The average molecular weight is 389 g/mol. The Morgan fingerprint density at radius 1 is 1.16 bits per heavy atom. The Morgan fingerprint density at radius 3 is 2.72 bits per heavy atom. The van der Waals surface area contributed by atoms with E-state index in [0.717, 1.165) is 55.1 Å². The minimum Gasteiger partial charge on any atom is -0.379 e. The largest absolute Gasteiger partial charge is 0.379 e. The summed E-state index contributed by atoms with van der Waals surface area (Å²) in [5.74, 6) is 1.89. The van der Waals surface area contributed by atoms with Crippen LogP contribution in [0.1, 0.15) is 33.1 Å². The van der Waals surface area contributed by atoms with Crippen LogP contribution in [0.3, 0.4) is 0 Å². The predicted octanol–water partition coefficient (Wildman–Crippen LogP) is 3.01. The summed E-state index contributed by atoms with van der Waals surface area (Å²) in [5, 5.41) is 8.55. The van der Waals surface area contributed by atoms with Gasteiger partial charge in [-0.1, -0.05) is 25.1 Å². The van der Waals surface area contributed by atoms with E-state index in [4.69, 9.17) is 9.47 Å². The molecule has 0 aliphatic heterocycles. The van der Waals surface area contributed by atoms with Gasteiger partial charge in [0.25, 0.3) is 0 Å². The molecule has 0 saturated heterocycles. The van der Waals surface area contributed by atoms with Gasteiger partial charge in [0, 0.05) is 43.6 Å². The van der Waals surface area contributed by atoms with Crippen molar-refractivity contribution in [1.29, 1.82) is 0 Å². The zero-order valence-electron chi connectivity index (χ0n) is 15.5. The number of hydrogen-bond acceptors (Lipinski definition) is 6. The third-order valence-electron chi connectivity index (χ3n) is 3.10. The van der Waals surface area contributed by atoms with E-state index >= 15 is 0 Å². The molecule has 0 aliphatic carbocycles. The summed E-state index contributed by atoms with van der Waals surface area (Å²) in [4.78, 5) is 8.85. The van der Waals surface area contributed by atoms with Crippen LogP contribution >= 0.6 is 23.1 Å². The number of ether oxygens (including phenoxy) is 2. The molecule has 6 nitrogen and oxygen atoms in total. The molecule has 2 N–H and O–H groups in total. The van der Waals surface area contributed by atoms with Gasteiger partial charge < -0.3 is 20.1 Å². The van der Waals surface area contributed by atoms with Gasteiger partial charge in [0.2, 0.25) is 0 Å². The summed E-state index contributed by atoms with van der Waals surface area (Å²) in [6.07, 6.45) is 5.16. The van der Waals surface area contributed by atoms with E-state index < -0.39 is 0 Å². The van der Waals surface area contributed by atoms with Gasteiger partial charge in [0.1, 0.15) is 4.34 Å². The molecule has 0 fully saturated rings. The zero-order valence-corrected chi connectivity index (χ0v) is 17.1. The summed E-state index contributed by atoms with van der Waals surface area (Å²) in [6, 6.07) is 0. The van der Waals surface area contributed by atoms with Crippen molar-refractivity contribution in [3.05, 3.63) is 11.6 Å². The van der Waals surface area contributed by atoms with E-state index in [-0.39, 0.29) is 0 Å². The highest BCUT2D eigenvalue weighted by atomic mass is 32.2. The molecule has 1 heterocycles. The molecule has 1 rings (SSSR count). The number of thiazole rings is 1. The minimum absolute atomic E-state index is 0.646. The van der Waals surface area contributed by atoms with Crippen molar-refractivity contribution in [3.8, 4) is 0 Å². The molecule has 0 unspecified atom stereocenters. The number of rotatable bonds is 15. The van der Waals surface area contributed by atoms with E-state index in [9.17, 15) is 0 Å². The Morgan fingerprint density at radius 2 is 2.00 bits per heavy atom. The molecule has 1 aromatic heterocycles. The van der Waals surface area contributed by atoms with E-state index in [1.165, 1.54) is 6.42 Å². The van der Waals surface area contributed by atoms with Crippen LogP contribution in [0, 0.1) is 0 Å². The average Bonchev–Trinajstić information content (AvgIpc) is 3.13. The fourth-order valence-electron chi connectivity index (χ4n) is 1.85. The fraction of sp³-hybridized carbons (Fsp3) is 0.765. The molecule has 0 saturated carbocycles. The normalized spacial score (nSPS) is 11.7. The lowest BCUT2D eigenvalue weighted by atomic mass is 10.4. The number of hydrogen-bond donors (Lipinski definition) is 2. The smallest absolute Gasteiger partial charge is 0.191 e. The quantitative estimate of drug-likeness (QED) is 0.208. The fourth-order valence-corrected chi connectivity index (χ4v) is 3.48. The van der Waals surface area contributed by atoms with Gasteiger partial charge >= 0.3 is 0 Å². The van der Waals surface area contributed by atoms with Crippen LogP contribution in [0.4, 0.5) is 0 Å². The highest BCUT2D eigenvalue weighted by Gasteiger charge is 1.98. The SMILES string of the molecule is CCCCOCCOCCNC(=NCCCSc1nccs1)NCC. The molecule has 0 amide bonds. The summed E-state index contributed by atoms with van der Waals surface area (Å²) >= 11 is 3.48. The number of aliphatic imine (C=N–C) groups is 1. The Balaban J connectivity index is 2.02. The van der Waals surface area contributed by atoms with Crippen molar-refractivity contribution in [2.75, 3.05) is 51.8 Å². The maximum absolute atomic E-state index is 5.55. The van der Waals surface area contributed by atoms with Gasteiger partial charge in [-0.15, -0.1) is 11.3 Å². The molecule has 0 radical (unpaired) electrons. The van der Waals surface area contributed by atoms with E-state index in [2.05, 4.69) is 34.5 Å². The number of unbranched alkanes of at least 4 members (excludes halogenated alkanes) is 1. The lowest BCUT2D eigenvalue weighted by Crippen LogP contribution is -2.39. The first-order chi connectivity index (χ1) is 12.4. The van der Waals surface area contributed by atoms with Crippen LogP contribution < -0.4 is 10.6 Å². The zero-order chi connectivity index (χ0) is 18.0.